The van der Waals surface area contributed by atoms with Gasteiger partial charge in [-0.2, -0.15) is 0 Å². The van der Waals surface area contributed by atoms with Gasteiger partial charge in [0.25, 0.3) is 0 Å². The third kappa shape index (κ3) is 2.76. The molecule has 4 aliphatic rings. The van der Waals surface area contributed by atoms with Crippen molar-refractivity contribution in [3.05, 3.63) is 35.9 Å². The van der Waals surface area contributed by atoms with Crippen molar-refractivity contribution in [2.45, 2.75) is 84.8 Å². The zero-order valence-electron chi connectivity index (χ0n) is 19.3. The van der Waals surface area contributed by atoms with Gasteiger partial charge in [0.05, 0.1) is 11.7 Å². The van der Waals surface area contributed by atoms with Crippen LogP contribution in [0.4, 0.5) is 0 Å². The molecule has 4 saturated carbocycles. The first-order valence-electron chi connectivity index (χ1n) is 12.0. The molecule has 0 heterocycles. The number of ether oxygens (including phenoxy) is 1. The standard InChI is InChI=1S/C27H36O4/c1-24(2)20(28)10-11-26(4)22(24)19(31-23(30)17-8-6-5-7-9-17)14-18-15-21(29)25(3)12-13-27(18,26)16-25/h5-9,18-20,22,28H,10-16H2,1-4H3/t18-,19+,20-,22-,25-,26-,27-/m0/s1. The summed E-state index contributed by atoms with van der Waals surface area (Å²) in [5.41, 5.74) is 0.0606. The number of esters is 1. The fraction of sp³-hybridized carbons (Fsp3) is 0.704. The molecule has 7 atom stereocenters. The average Bonchev–Trinajstić information content (AvgIpc) is 3.05. The zero-order chi connectivity index (χ0) is 22.2. The highest BCUT2D eigenvalue weighted by Gasteiger charge is 2.72. The molecule has 0 unspecified atom stereocenters. The van der Waals surface area contributed by atoms with Gasteiger partial charge in [0, 0.05) is 17.8 Å². The highest BCUT2D eigenvalue weighted by molar-refractivity contribution is 5.89. The van der Waals surface area contributed by atoms with Gasteiger partial charge < -0.3 is 9.84 Å². The van der Waals surface area contributed by atoms with E-state index in [1.807, 2.05) is 18.2 Å². The van der Waals surface area contributed by atoms with E-state index in [1.165, 1.54) is 0 Å². The molecule has 4 heteroatoms. The molecule has 0 saturated heterocycles. The summed E-state index contributed by atoms with van der Waals surface area (Å²) >= 11 is 0. The fourth-order valence-electron chi connectivity index (χ4n) is 8.64. The largest absolute Gasteiger partial charge is 0.458 e. The first kappa shape index (κ1) is 21.2. The maximum atomic E-state index is 13.1. The third-order valence-corrected chi connectivity index (χ3v) is 10.3. The number of benzene rings is 1. The molecular formula is C27H36O4. The third-order valence-electron chi connectivity index (χ3n) is 10.3. The maximum Gasteiger partial charge on any atom is 0.338 e. The quantitative estimate of drug-likeness (QED) is 0.664. The molecule has 0 aromatic heterocycles. The van der Waals surface area contributed by atoms with Gasteiger partial charge in [0.2, 0.25) is 0 Å². The minimum absolute atomic E-state index is 0.0568. The molecular weight excluding hydrogens is 388 g/mol. The number of carbonyl (C=O) groups is 2. The monoisotopic (exact) mass is 424 g/mol. The lowest BCUT2D eigenvalue weighted by atomic mass is 9.37. The predicted molar refractivity (Wildman–Crippen MR) is 118 cm³/mol. The summed E-state index contributed by atoms with van der Waals surface area (Å²) in [7, 11) is 0. The van der Waals surface area contributed by atoms with Crippen LogP contribution in [0.3, 0.4) is 0 Å². The topological polar surface area (TPSA) is 63.6 Å². The molecule has 2 bridgehead atoms. The Hall–Kier alpha value is -1.68. The molecule has 168 valence electrons. The van der Waals surface area contributed by atoms with Crippen molar-refractivity contribution >= 4 is 11.8 Å². The Balaban J connectivity index is 1.57. The summed E-state index contributed by atoms with van der Waals surface area (Å²) in [6.07, 6.45) is 5.38. The van der Waals surface area contributed by atoms with Crippen molar-refractivity contribution in [3.8, 4) is 0 Å². The Labute approximate surface area is 185 Å². The minimum Gasteiger partial charge on any atom is -0.458 e. The summed E-state index contributed by atoms with van der Waals surface area (Å²) < 4.78 is 6.25. The lowest BCUT2D eigenvalue weighted by molar-refractivity contribution is -0.237. The molecule has 4 nitrogen and oxygen atoms in total. The van der Waals surface area contributed by atoms with Crippen LogP contribution in [0.15, 0.2) is 30.3 Å². The van der Waals surface area contributed by atoms with Gasteiger partial charge >= 0.3 is 5.97 Å². The number of carbonyl (C=O) groups excluding carboxylic acids is 2. The predicted octanol–water partition coefficient (Wildman–Crippen LogP) is 5.18. The van der Waals surface area contributed by atoms with E-state index in [1.54, 1.807) is 12.1 Å². The van der Waals surface area contributed by atoms with Gasteiger partial charge in [-0.25, -0.2) is 4.79 Å². The number of fused-ring (bicyclic) bond motifs is 2. The van der Waals surface area contributed by atoms with Crippen LogP contribution in [0, 0.1) is 33.5 Å². The number of aliphatic hydroxyl groups excluding tert-OH is 1. The number of Topliss-reactive ketones (excluding diaryl/α,β-unsaturated/α-hetero) is 1. The van der Waals surface area contributed by atoms with E-state index in [2.05, 4.69) is 27.7 Å². The SMILES string of the molecule is CC1(C)[C@@H](O)CC[C@@]2(C)[C@H]1[C@H](OC(=O)c1ccccc1)C[C@H]1CC(=O)[C@@]3(C)CC[C@]12C3. The molecule has 0 radical (unpaired) electrons. The minimum atomic E-state index is -0.408. The average molecular weight is 425 g/mol. The fourth-order valence-corrected chi connectivity index (χ4v) is 8.64. The summed E-state index contributed by atoms with van der Waals surface area (Å²) in [5, 5.41) is 11.0. The Morgan fingerprint density at radius 2 is 1.77 bits per heavy atom. The maximum absolute atomic E-state index is 13.1. The molecule has 5 rings (SSSR count). The Kier molecular flexibility index (Phi) is 4.55. The smallest absolute Gasteiger partial charge is 0.338 e. The Bertz CT molecular complexity index is 907. The molecule has 1 aromatic rings. The van der Waals surface area contributed by atoms with E-state index >= 15 is 0 Å². The van der Waals surface area contributed by atoms with Crippen molar-refractivity contribution in [1.29, 1.82) is 0 Å². The van der Waals surface area contributed by atoms with Crippen molar-refractivity contribution in [2.24, 2.45) is 33.5 Å². The number of ketones is 1. The molecule has 1 aromatic carbocycles. The van der Waals surface area contributed by atoms with Crippen LogP contribution in [0.5, 0.6) is 0 Å². The van der Waals surface area contributed by atoms with Crippen LogP contribution in [0.1, 0.15) is 83.0 Å². The van der Waals surface area contributed by atoms with Gasteiger partial charge in [-0.1, -0.05) is 45.9 Å². The Morgan fingerprint density at radius 1 is 1.06 bits per heavy atom. The Morgan fingerprint density at radius 3 is 2.48 bits per heavy atom. The van der Waals surface area contributed by atoms with E-state index in [0.29, 0.717) is 17.8 Å². The number of hydrogen-bond donors (Lipinski definition) is 1. The highest BCUT2D eigenvalue weighted by Crippen LogP contribution is 2.75. The molecule has 31 heavy (non-hydrogen) atoms. The van der Waals surface area contributed by atoms with E-state index in [9.17, 15) is 14.7 Å². The summed E-state index contributed by atoms with van der Waals surface area (Å²) in [5.74, 6) is 0.439. The van der Waals surface area contributed by atoms with E-state index in [4.69, 9.17) is 4.74 Å². The van der Waals surface area contributed by atoms with Crippen molar-refractivity contribution in [3.63, 3.8) is 0 Å². The second kappa shape index (κ2) is 6.66. The zero-order valence-corrected chi connectivity index (χ0v) is 19.3. The van der Waals surface area contributed by atoms with E-state index < -0.39 is 6.10 Å². The van der Waals surface area contributed by atoms with Crippen LogP contribution >= 0.6 is 0 Å². The van der Waals surface area contributed by atoms with Gasteiger partial charge in [-0.15, -0.1) is 0 Å². The van der Waals surface area contributed by atoms with Crippen LogP contribution in [0.25, 0.3) is 0 Å². The number of aliphatic hydroxyl groups is 1. The number of rotatable bonds is 2. The van der Waals surface area contributed by atoms with Crippen LogP contribution < -0.4 is 0 Å². The molecule has 0 amide bonds. The van der Waals surface area contributed by atoms with Crippen LogP contribution in [-0.2, 0) is 9.53 Å². The normalized spacial score (nSPS) is 45.5. The van der Waals surface area contributed by atoms with Gasteiger partial charge in [0.1, 0.15) is 11.9 Å². The first-order valence-corrected chi connectivity index (χ1v) is 12.0. The second-order valence-corrected chi connectivity index (χ2v) is 12.0. The van der Waals surface area contributed by atoms with Crippen LogP contribution in [-0.4, -0.2) is 29.1 Å². The highest BCUT2D eigenvalue weighted by atomic mass is 16.5. The summed E-state index contributed by atoms with van der Waals surface area (Å²) in [6.45, 7) is 8.87. The number of hydrogen-bond acceptors (Lipinski definition) is 4. The van der Waals surface area contributed by atoms with Gasteiger partial charge in [-0.05, 0) is 72.8 Å². The lowest BCUT2D eigenvalue weighted by Crippen LogP contribution is -2.67. The molecule has 1 N–H and O–H groups in total. The van der Waals surface area contributed by atoms with Crippen molar-refractivity contribution in [2.75, 3.05) is 0 Å². The van der Waals surface area contributed by atoms with Crippen molar-refractivity contribution in [1.82, 2.24) is 0 Å². The molecule has 4 fully saturated rings. The summed E-state index contributed by atoms with van der Waals surface area (Å²) in [4.78, 5) is 26.1. The first-order chi connectivity index (χ1) is 14.5. The summed E-state index contributed by atoms with van der Waals surface area (Å²) in [6, 6.07) is 9.18. The molecule has 1 spiro atoms. The molecule has 0 aliphatic heterocycles. The van der Waals surface area contributed by atoms with Crippen molar-refractivity contribution < 1.29 is 19.4 Å². The van der Waals surface area contributed by atoms with Crippen LogP contribution in [0.2, 0.25) is 0 Å². The molecule has 4 aliphatic carbocycles. The van der Waals surface area contributed by atoms with E-state index in [-0.39, 0.29) is 45.6 Å². The lowest BCUT2D eigenvalue weighted by Gasteiger charge is -2.68. The van der Waals surface area contributed by atoms with E-state index in [0.717, 1.165) is 38.5 Å². The second-order valence-electron chi connectivity index (χ2n) is 12.0. The van der Waals surface area contributed by atoms with Gasteiger partial charge in [0.15, 0.2) is 0 Å². The van der Waals surface area contributed by atoms with Gasteiger partial charge in [-0.3, -0.25) is 4.79 Å².